The lowest BCUT2D eigenvalue weighted by atomic mass is 10.1. The molecule has 0 atom stereocenters. The van der Waals surface area contributed by atoms with Crippen LogP contribution in [0.3, 0.4) is 0 Å². The summed E-state index contributed by atoms with van der Waals surface area (Å²) in [6.07, 6.45) is 1.99. The zero-order valence-corrected chi connectivity index (χ0v) is 15.6. The maximum atomic E-state index is 6.13. The maximum absolute atomic E-state index is 6.13. The van der Waals surface area contributed by atoms with Gasteiger partial charge in [-0.3, -0.25) is 0 Å². The summed E-state index contributed by atoms with van der Waals surface area (Å²) in [5.74, 6) is 0.943. The van der Waals surface area contributed by atoms with Gasteiger partial charge in [0.1, 0.15) is 12.4 Å². The molecule has 0 unspecified atom stereocenters. The lowest BCUT2D eigenvalue weighted by Gasteiger charge is -2.17. The third-order valence-corrected chi connectivity index (χ3v) is 4.39. The van der Waals surface area contributed by atoms with Crippen molar-refractivity contribution in [2.75, 3.05) is 12.4 Å². The van der Waals surface area contributed by atoms with Gasteiger partial charge in [0, 0.05) is 11.3 Å². The van der Waals surface area contributed by atoms with E-state index in [9.17, 15) is 0 Å². The molecule has 0 spiro atoms. The van der Waals surface area contributed by atoms with E-state index >= 15 is 0 Å². The number of hydrogen-bond donors (Lipinski definition) is 1. The highest BCUT2D eigenvalue weighted by molar-refractivity contribution is 7.80. The van der Waals surface area contributed by atoms with Crippen LogP contribution in [0.1, 0.15) is 36.1 Å². The summed E-state index contributed by atoms with van der Waals surface area (Å²) in [6.45, 7) is 6.87. The molecule has 0 radical (unpaired) electrons. The Bertz CT molecular complexity index is 713. The number of hydrogen-bond acceptors (Lipinski definition) is 3. The largest absolute Gasteiger partial charge is 0.489 e. The normalized spacial score (nSPS) is 10.3. The molecule has 3 nitrogen and oxygen atoms in total. The minimum absolute atomic E-state index is 0.350. The summed E-state index contributed by atoms with van der Waals surface area (Å²) < 4.78 is 11.2. The minimum atomic E-state index is 0.350. The molecule has 4 heteroatoms. The summed E-state index contributed by atoms with van der Waals surface area (Å²) in [5, 5.41) is 3.46. The molecule has 0 heterocycles. The fraction of sp³-hybridized carbons (Fsp3) is 0.350. The van der Waals surface area contributed by atoms with Crippen LogP contribution in [-0.4, -0.2) is 12.3 Å². The summed E-state index contributed by atoms with van der Waals surface area (Å²) >= 11 is 5.11. The van der Waals surface area contributed by atoms with Gasteiger partial charge >= 0.3 is 0 Å². The summed E-state index contributed by atoms with van der Waals surface area (Å²) in [5.41, 5.74) is 5.73. The minimum Gasteiger partial charge on any atom is -0.489 e. The van der Waals surface area contributed by atoms with Gasteiger partial charge < -0.3 is 14.8 Å². The van der Waals surface area contributed by atoms with E-state index in [1.54, 1.807) is 7.11 Å². The molecule has 0 aliphatic rings. The van der Waals surface area contributed by atoms with Gasteiger partial charge in [0.15, 0.2) is 0 Å². The number of benzene rings is 2. The molecule has 0 aliphatic carbocycles. The number of thiocarbonyl (C=S) groups is 1. The van der Waals surface area contributed by atoms with Gasteiger partial charge in [-0.1, -0.05) is 38.1 Å². The first kappa shape index (κ1) is 18.3. The van der Waals surface area contributed by atoms with Crippen molar-refractivity contribution in [2.45, 2.75) is 40.2 Å². The summed E-state index contributed by atoms with van der Waals surface area (Å²) in [7, 11) is 1.56. The Hall–Kier alpha value is -2.07. The average Bonchev–Trinajstić information content (AvgIpc) is 2.61. The number of ether oxygens (including phenoxy) is 2. The molecular weight excluding hydrogens is 318 g/mol. The molecule has 0 saturated heterocycles. The van der Waals surface area contributed by atoms with Gasteiger partial charge in [-0.05, 0) is 60.8 Å². The Morgan fingerprint density at radius 2 is 1.92 bits per heavy atom. The Kier molecular flexibility index (Phi) is 6.62. The molecule has 0 fully saturated rings. The van der Waals surface area contributed by atoms with Crippen molar-refractivity contribution >= 4 is 23.1 Å². The van der Waals surface area contributed by atoms with Crippen molar-refractivity contribution in [1.29, 1.82) is 0 Å². The highest BCUT2D eigenvalue weighted by Crippen LogP contribution is 2.26. The molecule has 2 rings (SSSR count). The second-order valence-electron chi connectivity index (χ2n) is 5.66. The highest BCUT2D eigenvalue weighted by atomic mass is 32.1. The smallest absolute Gasteiger partial charge is 0.260 e. The quantitative estimate of drug-likeness (QED) is 0.744. The van der Waals surface area contributed by atoms with Crippen molar-refractivity contribution in [3.05, 3.63) is 58.7 Å². The molecular formula is C20H25NO2S. The summed E-state index contributed by atoms with van der Waals surface area (Å²) in [6, 6.07) is 12.5. The zero-order valence-electron chi connectivity index (χ0n) is 14.8. The first-order chi connectivity index (χ1) is 11.6. The Morgan fingerprint density at radius 3 is 2.58 bits per heavy atom. The lowest BCUT2D eigenvalue weighted by molar-refractivity contribution is 0.303. The van der Waals surface area contributed by atoms with Crippen molar-refractivity contribution in [3.8, 4) is 5.75 Å². The molecule has 2 aromatic carbocycles. The van der Waals surface area contributed by atoms with E-state index < -0.39 is 0 Å². The van der Waals surface area contributed by atoms with Gasteiger partial charge in [-0.25, -0.2) is 0 Å². The maximum Gasteiger partial charge on any atom is 0.260 e. The average molecular weight is 343 g/mol. The SMILES string of the molecule is CCc1ccc(OCc2c(C)cccc2NC(=S)OC)c(CC)c1. The lowest BCUT2D eigenvalue weighted by Crippen LogP contribution is -2.13. The van der Waals surface area contributed by atoms with E-state index in [0.717, 1.165) is 35.4 Å². The van der Waals surface area contributed by atoms with E-state index in [1.165, 1.54) is 11.1 Å². The Labute approximate surface area is 150 Å². The second kappa shape index (κ2) is 8.69. The summed E-state index contributed by atoms with van der Waals surface area (Å²) in [4.78, 5) is 0. The van der Waals surface area contributed by atoms with Crippen LogP contribution in [-0.2, 0) is 24.2 Å². The first-order valence-corrected chi connectivity index (χ1v) is 8.67. The van der Waals surface area contributed by atoms with Gasteiger partial charge in [0.25, 0.3) is 5.17 Å². The number of anilines is 1. The zero-order chi connectivity index (χ0) is 17.5. The van der Waals surface area contributed by atoms with Crippen molar-refractivity contribution < 1.29 is 9.47 Å². The van der Waals surface area contributed by atoms with Crippen molar-refractivity contribution in [3.63, 3.8) is 0 Å². The van der Waals surface area contributed by atoms with Crippen LogP contribution in [0.4, 0.5) is 5.69 Å². The van der Waals surface area contributed by atoms with Crippen molar-refractivity contribution in [2.24, 2.45) is 0 Å². The van der Waals surface area contributed by atoms with Crippen LogP contribution in [0.2, 0.25) is 0 Å². The van der Waals surface area contributed by atoms with Gasteiger partial charge in [-0.2, -0.15) is 0 Å². The van der Waals surface area contributed by atoms with Crippen molar-refractivity contribution in [1.82, 2.24) is 0 Å². The Morgan fingerprint density at radius 1 is 1.12 bits per heavy atom. The molecule has 0 amide bonds. The Balaban J connectivity index is 2.21. The molecule has 0 aromatic heterocycles. The van der Waals surface area contributed by atoms with E-state index in [4.69, 9.17) is 21.7 Å². The fourth-order valence-electron chi connectivity index (χ4n) is 2.59. The highest BCUT2D eigenvalue weighted by Gasteiger charge is 2.10. The van der Waals surface area contributed by atoms with Gasteiger partial charge in [0.05, 0.1) is 7.11 Å². The molecule has 1 N–H and O–H groups in total. The van der Waals surface area contributed by atoms with Gasteiger partial charge in [0.2, 0.25) is 0 Å². The van der Waals surface area contributed by atoms with Crippen LogP contribution in [0.25, 0.3) is 0 Å². The third-order valence-electron chi connectivity index (χ3n) is 4.12. The predicted molar refractivity (Wildman–Crippen MR) is 104 cm³/mol. The van der Waals surface area contributed by atoms with Crippen LogP contribution in [0.5, 0.6) is 5.75 Å². The number of methoxy groups -OCH3 is 1. The van der Waals surface area contributed by atoms with E-state index in [0.29, 0.717) is 11.8 Å². The molecule has 0 bridgehead atoms. The van der Waals surface area contributed by atoms with Crippen LogP contribution in [0.15, 0.2) is 36.4 Å². The standard InChI is InChI=1S/C20H25NO2S/c1-5-15-10-11-19(16(6-2)12-15)23-13-17-14(3)8-7-9-18(17)21-20(24)22-4/h7-12H,5-6,13H2,1-4H3,(H,21,24). The molecule has 2 aromatic rings. The van der Waals surface area contributed by atoms with Crippen LogP contribution in [0, 0.1) is 6.92 Å². The number of rotatable bonds is 6. The van der Waals surface area contributed by atoms with Crippen LogP contribution < -0.4 is 10.1 Å². The van der Waals surface area contributed by atoms with E-state index in [2.05, 4.69) is 50.4 Å². The molecule has 0 saturated carbocycles. The van der Waals surface area contributed by atoms with E-state index in [-0.39, 0.29) is 0 Å². The first-order valence-electron chi connectivity index (χ1n) is 8.27. The third kappa shape index (κ3) is 4.48. The second-order valence-corrected chi connectivity index (χ2v) is 6.03. The van der Waals surface area contributed by atoms with Crippen LogP contribution >= 0.6 is 12.2 Å². The molecule has 0 aliphatic heterocycles. The topological polar surface area (TPSA) is 30.5 Å². The predicted octanol–water partition coefficient (Wildman–Crippen LogP) is 5.04. The number of nitrogens with one attached hydrogen (secondary N) is 1. The monoisotopic (exact) mass is 343 g/mol. The molecule has 128 valence electrons. The number of aryl methyl sites for hydroxylation is 3. The molecule has 24 heavy (non-hydrogen) atoms. The fourth-order valence-corrected chi connectivity index (χ4v) is 2.70. The van der Waals surface area contributed by atoms with E-state index in [1.807, 2.05) is 12.1 Å². The van der Waals surface area contributed by atoms with Gasteiger partial charge in [-0.15, -0.1) is 0 Å².